The molecule has 31 heavy (non-hydrogen) atoms. The molecule has 1 saturated heterocycles. The molecule has 5 rings (SSSR count). The monoisotopic (exact) mass is 414 g/mol. The normalized spacial score (nSPS) is 19.8. The Balaban J connectivity index is 1.57. The molecule has 4 heteroatoms. The number of rotatable bonds is 5. The van der Waals surface area contributed by atoms with E-state index < -0.39 is 0 Å². The second-order valence-electron chi connectivity index (χ2n) is 8.56. The molecule has 4 nitrogen and oxygen atoms in total. The summed E-state index contributed by atoms with van der Waals surface area (Å²) in [6, 6.07) is 24.9. The molecule has 2 unspecified atom stereocenters. The number of phenolic OH excluding ortho intramolecular Hbond substituents is 1. The van der Waals surface area contributed by atoms with E-state index in [0.29, 0.717) is 5.75 Å². The fourth-order valence-corrected chi connectivity index (χ4v) is 5.02. The molecule has 2 aliphatic heterocycles. The third kappa shape index (κ3) is 4.00. The van der Waals surface area contributed by atoms with Crippen LogP contribution in [-0.2, 0) is 6.42 Å². The predicted octanol–water partition coefficient (Wildman–Crippen LogP) is 5.36. The highest BCUT2D eigenvalue weighted by molar-refractivity contribution is 5.58. The molecular weight excluding hydrogens is 384 g/mol. The molecule has 0 spiro atoms. The third-order valence-corrected chi connectivity index (χ3v) is 6.61. The van der Waals surface area contributed by atoms with E-state index in [1.165, 1.54) is 35.2 Å². The van der Waals surface area contributed by atoms with Crippen molar-refractivity contribution in [1.82, 2.24) is 4.90 Å². The number of hydrogen-bond donors (Lipinski definition) is 1. The van der Waals surface area contributed by atoms with Crippen LogP contribution in [0.4, 0.5) is 5.69 Å². The summed E-state index contributed by atoms with van der Waals surface area (Å²) in [4.78, 5) is 4.88. The zero-order valence-electron chi connectivity index (χ0n) is 18.1. The number of likely N-dealkylation sites (tertiary alicyclic amines) is 1. The standard InChI is InChI=1S/C27H30N2O2/c1-20(28-16-7-8-17-28)31-26-12-6-5-11-25(26)27-24-14-13-23(30)19-21(24)15-18-29(27)22-9-3-2-4-10-22/h2-6,9-14,19-20,27,30H,7-8,15-18H2,1H3. The van der Waals surface area contributed by atoms with Crippen LogP contribution in [0.25, 0.3) is 0 Å². The molecule has 160 valence electrons. The topological polar surface area (TPSA) is 35.9 Å². The van der Waals surface area contributed by atoms with Gasteiger partial charge in [0, 0.05) is 30.9 Å². The van der Waals surface area contributed by atoms with Gasteiger partial charge in [-0.2, -0.15) is 0 Å². The molecule has 2 aliphatic rings. The fraction of sp³-hybridized carbons (Fsp3) is 0.333. The SMILES string of the molecule is CC(Oc1ccccc1C1c2ccc(O)cc2CCN1c1ccccc1)N1CCCC1. The molecule has 0 amide bonds. The first kappa shape index (κ1) is 20.0. The van der Waals surface area contributed by atoms with Crippen molar-refractivity contribution >= 4 is 5.69 Å². The summed E-state index contributed by atoms with van der Waals surface area (Å²) in [6.45, 7) is 5.25. The van der Waals surface area contributed by atoms with Gasteiger partial charge < -0.3 is 14.7 Å². The van der Waals surface area contributed by atoms with Gasteiger partial charge in [0.25, 0.3) is 0 Å². The molecule has 3 aromatic rings. The molecule has 3 aromatic carbocycles. The van der Waals surface area contributed by atoms with Gasteiger partial charge in [0.15, 0.2) is 0 Å². The van der Waals surface area contributed by atoms with Crippen LogP contribution in [0.3, 0.4) is 0 Å². The number of nitrogens with zero attached hydrogens (tertiary/aromatic N) is 2. The summed E-state index contributed by atoms with van der Waals surface area (Å²) >= 11 is 0. The maximum atomic E-state index is 10.1. The van der Waals surface area contributed by atoms with Crippen LogP contribution < -0.4 is 9.64 Å². The average Bonchev–Trinajstić information content (AvgIpc) is 3.34. The molecule has 2 heterocycles. The first-order chi connectivity index (χ1) is 15.2. The molecule has 0 aromatic heterocycles. The van der Waals surface area contributed by atoms with E-state index in [2.05, 4.69) is 77.4 Å². The van der Waals surface area contributed by atoms with Gasteiger partial charge in [-0.15, -0.1) is 0 Å². The first-order valence-electron chi connectivity index (χ1n) is 11.3. The quantitative estimate of drug-likeness (QED) is 0.609. The van der Waals surface area contributed by atoms with Crippen LogP contribution in [-0.4, -0.2) is 35.9 Å². The summed E-state index contributed by atoms with van der Waals surface area (Å²) < 4.78 is 6.56. The fourth-order valence-electron chi connectivity index (χ4n) is 5.02. The van der Waals surface area contributed by atoms with Crippen molar-refractivity contribution in [2.45, 2.75) is 38.5 Å². The van der Waals surface area contributed by atoms with Gasteiger partial charge in [0.1, 0.15) is 17.7 Å². The number of benzene rings is 3. The van der Waals surface area contributed by atoms with Gasteiger partial charge in [-0.05, 0) is 67.6 Å². The predicted molar refractivity (Wildman–Crippen MR) is 125 cm³/mol. The maximum Gasteiger partial charge on any atom is 0.149 e. The van der Waals surface area contributed by atoms with Crippen molar-refractivity contribution in [2.24, 2.45) is 0 Å². The summed E-state index contributed by atoms with van der Waals surface area (Å²) in [6.07, 6.45) is 3.45. The Kier molecular flexibility index (Phi) is 5.56. The zero-order valence-corrected chi connectivity index (χ0v) is 18.1. The molecule has 0 radical (unpaired) electrons. The van der Waals surface area contributed by atoms with Gasteiger partial charge in [-0.3, -0.25) is 4.90 Å². The van der Waals surface area contributed by atoms with Crippen LogP contribution in [0.15, 0.2) is 72.8 Å². The van der Waals surface area contributed by atoms with Crippen molar-refractivity contribution in [2.75, 3.05) is 24.5 Å². The van der Waals surface area contributed by atoms with Crippen molar-refractivity contribution in [3.63, 3.8) is 0 Å². The van der Waals surface area contributed by atoms with Gasteiger partial charge in [-0.1, -0.05) is 42.5 Å². The number of hydrogen-bond acceptors (Lipinski definition) is 4. The Bertz CT molecular complexity index is 1030. The second-order valence-corrected chi connectivity index (χ2v) is 8.56. The summed E-state index contributed by atoms with van der Waals surface area (Å²) in [5.41, 5.74) is 4.81. The van der Waals surface area contributed by atoms with Crippen molar-refractivity contribution in [3.05, 3.63) is 89.5 Å². The lowest BCUT2D eigenvalue weighted by atomic mass is 9.87. The minimum Gasteiger partial charge on any atom is -0.508 e. The Morgan fingerprint density at radius 1 is 0.871 bits per heavy atom. The van der Waals surface area contributed by atoms with Gasteiger partial charge in [0.2, 0.25) is 0 Å². The summed E-state index contributed by atoms with van der Waals surface area (Å²) in [7, 11) is 0. The van der Waals surface area contributed by atoms with Crippen LogP contribution in [0, 0.1) is 0 Å². The van der Waals surface area contributed by atoms with E-state index in [0.717, 1.165) is 31.8 Å². The first-order valence-corrected chi connectivity index (χ1v) is 11.3. The lowest BCUT2D eigenvalue weighted by molar-refractivity contribution is 0.0581. The highest BCUT2D eigenvalue weighted by atomic mass is 16.5. The third-order valence-electron chi connectivity index (χ3n) is 6.61. The number of aromatic hydroxyl groups is 1. The number of ether oxygens (including phenoxy) is 1. The lowest BCUT2D eigenvalue weighted by Gasteiger charge is -2.40. The number of fused-ring (bicyclic) bond motifs is 1. The smallest absolute Gasteiger partial charge is 0.149 e. The number of phenols is 1. The lowest BCUT2D eigenvalue weighted by Crippen LogP contribution is -2.38. The van der Waals surface area contributed by atoms with Crippen LogP contribution in [0.5, 0.6) is 11.5 Å². The van der Waals surface area contributed by atoms with Crippen LogP contribution in [0.1, 0.15) is 42.5 Å². The molecular formula is C27H30N2O2. The molecule has 0 aliphatic carbocycles. The van der Waals surface area contributed by atoms with Crippen LogP contribution in [0.2, 0.25) is 0 Å². The zero-order chi connectivity index (χ0) is 21.2. The Hall–Kier alpha value is -2.98. The Morgan fingerprint density at radius 3 is 2.42 bits per heavy atom. The van der Waals surface area contributed by atoms with E-state index in [9.17, 15) is 5.11 Å². The maximum absolute atomic E-state index is 10.1. The van der Waals surface area contributed by atoms with Crippen molar-refractivity contribution in [1.29, 1.82) is 0 Å². The van der Waals surface area contributed by atoms with Crippen LogP contribution >= 0.6 is 0 Å². The van der Waals surface area contributed by atoms with E-state index >= 15 is 0 Å². The average molecular weight is 415 g/mol. The summed E-state index contributed by atoms with van der Waals surface area (Å²) in [5.74, 6) is 1.27. The molecule has 0 bridgehead atoms. The Morgan fingerprint density at radius 2 is 1.61 bits per heavy atom. The van der Waals surface area contributed by atoms with Gasteiger partial charge in [0.05, 0.1) is 6.04 Å². The van der Waals surface area contributed by atoms with E-state index in [4.69, 9.17) is 4.74 Å². The minimum absolute atomic E-state index is 0.0359. The van der Waals surface area contributed by atoms with E-state index in [1.54, 1.807) is 6.07 Å². The molecule has 2 atom stereocenters. The second kappa shape index (κ2) is 8.64. The minimum atomic E-state index is 0.0359. The van der Waals surface area contributed by atoms with Crippen molar-refractivity contribution < 1.29 is 9.84 Å². The molecule has 0 saturated carbocycles. The largest absolute Gasteiger partial charge is 0.508 e. The molecule has 1 fully saturated rings. The van der Waals surface area contributed by atoms with E-state index in [1.807, 2.05) is 6.07 Å². The van der Waals surface area contributed by atoms with Gasteiger partial charge >= 0.3 is 0 Å². The highest BCUT2D eigenvalue weighted by Crippen LogP contribution is 2.42. The Labute approximate surface area is 184 Å². The molecule has 1 N–H and O–H groups in total. The number of para-hydroxylation sites is 2. The number of anilines is 1. The summed E-state index contributed by atoms with van der Waals surface area (Å²) in [5, 5.41) is 10.1. The van der Waals surface area contributed by atoms with Gasteiger partial charge in [-0.25, -0.2) is 0 Å². The highest BCUT2D eigenvalue weighted by Gasteiger charge is 2.32. The van der Waals surface area contributed by atoms with Crippen molar-refractivity contribution in [3.8, 4) is 11.5 Å². The van der Waals surface area contributed by atoms with E-state index in [-0.39, 0.29) is 12.3 Å².